The van der Waals surface area contributed by atoms with Gasteiger partial charge in [-0.05, 0) is 0 Å². The van der Waals surface area contributed by atoms with Crippen LogP contribution >= 0.6 is 24.8 Å². The number of allylic oxidation sites excluding steroid dienone is 1. The van der Waals surface area contributed by atoms with Gasteiger partial charge in [-0.3, -0.25) is 0 Å². The summed E-state index contributed by atoms with van der Waals surface area (Å²) in [6.45, 7) is 0. The van der Waals surface area contributed by atoms with Crippen LogP contribution in [0.5, 0.6) is 0 Å². The molecule has 0 saturated carbocycles. The Kier molecular flexibility index (Phi) is 3.78. The minimum absolute atomic E-state index is 0. The molecule has 0 atom stereocenters. The molecule has 6 heteroatoms. The second kappa shape index (κ2) is 4.10. The average molecular weight is 196 g/mol. The van der Waals surface area contributed by atoms with Gasteiger partial charge in [0.25, 0.3) is 0 Å². The Morgan fingerprint density at radius 3 is 3.00 bits per heavy atom. The summed E-state index contributed by atoms with van der Waals surface area (Å²) in [6.07, 6.45) is 6.63. The molecule has 2 aliphatic rings. The first-order valence-electron chi connectivity index (χ1n) is 2.57. The van der Waals surface area contributed by atoms with Crippen molar-refractivity contribution < 1.29 is 4.74 Å². The zero-order valence-electron chi connectivity index (χ0n) is 5.43. The van der Waals surface area contributed by atoms with E-state index in [0.29, 0.717) is 0 Å². The molecule has 4 nitrogen and oxygen atoms in total. The molecule has 0 saturated heterocycles. The fourth-order valence-corrected chi connectivity index (χ4v) is 0.689. The van der Waals surface area contributed by atoms with Crippen LogP contribution in [0.1, 0.15) is 0 Å². The van der Waals surface area contributed by atoms with Crippen molar-refractivity contribution >= 4 is 31.0 Å². The monoisotopic (exact) mass is 195 g/mol. The van der Waals surface area contributed by atoms with E-state index < -0.39 is 0 Å². The zero-order valence-corrected chi connectivity index (χ0v) is 7.06. The van der Waals surface area contributed by atoms with Gasteiger partial charge in [-0.25, -0.2) is 10.5 Å². The van der Waals surface area contributed by atoms with Crippen molar-refractivity contribution in [3.8, 4) is 0 Å². The summed E-state index contributed by atoms with van der Waals surface area (Å²) in [7, 11) is 0. The van der Waals surface area contributed by atoms with Crippen LogP contribution in [0.25, 0.3) is 0 Å². The fourth-order valence-electron chi connectivity index (χ4n) is 0.689. The van der Waals surface area contributed by atoms with Crippen LogP contribution < -0.4 is 5.53 Å². The normalized spacial score (nSPS) is 16.7. The number of nitrogens with zero attached hydrogens (tertiary/aromatic N) is 2. The van der Waals surface area contributed by atoms with E-state index in [9.17, 15) is 0 Å². The van der Waals surface area contributed by atoms with Crippen molar-refractivity contribution in [2.24, 2.45) is 5.10 Å². The molecule has 2 heterocycles. The fraction of sp³-hybridized carbons (Fsp3) is 0. The standard InChI is InChI=1S/C5H5N3O.2ClH/c1-2-9-4-5-3-6-7-8(1)5;;/h1-4,7H;2*1H. The van der Waals surface area contributed by atoms with Crippen LogP contribution in [0.3, 0.4) is 0 Å². The molecule has 2 aliphatic heterocycles. The lowest BCUT2D eigenvalue weighted by Gasteiger charge is -2.14. The van der Waals surface area contributed by atoms with Gasteiger partial charge in [0.1, 0.15) is 18.2 Å². The van der Waals surface area contributed by atoms with Gasteiger partial charge < -0.3 is 4.74 Å². The van der Waals surface area contributed by atoms with E-state index in [1.807, 2.05) is 0 Å². The third-order valence-corrected chi connectivity index (χ3v) is 1.12. The second-order valence-electron chi connectivity index (χ2n) is 1.69. The van der Waals surface area contributed by atoms with E-state index in [-0.39, 0.29) is 24.8 Å². The molecule has 0 aromatic heterocycles. The van der Waals surface area contributed by atoms with E-state index in [0.717, 1.165) is 5.70 Å². The third kappa shape index (κ3) is 1.78. The van der Waals surface area contributed by atoms with E-state index in [4.69, 9.17) is 4.74 Å². The van der Waals surface area contributed by atoms with Gasteiger partial charge in [-0.15, -0.1) is 24.8 Å². The number of fused-ring (bicyclic) bond motifs is 1. The Morgan fingerprint density at radius 2 is 2.27 bits per heavy atom. The number of ether oxygens (including phenoxy) is 1. The first-order valence-corrected chi connectivity index (χ1v) is 2.57. The van der Waals surface area contributed by atoms with Crippen molar-refractivity contribution in [1.29, 1.82) is 0 Å². The van der Waals surface area contributed by atoms with Crippen LogP contribution in [0.2, 0.25) is 0 Å². The summed E-state index contributed by atoms with van der Waals surface area (Å²) in [6, 6.07) is 0. The molecule has 0 amide bonds. The lowest BCUT2D eigenvalue weighted by Crippen LogP contribution is -2.23. The van der Waals surface area contributed by atoms with Gasteiger partial charge in [0.05, 0.1) is 12.4 Å². The van der Waals surface area contributed by atoms with Crippen molar-refractivity contribution in [3.05, 3.63) is 24.4 Å². The molecule has 2 rings (SSSR count). The van der Waals surface area contributed by atoms with Crippen molar-refractivity contribution in [3.63, 3.8) is 0 Å². The Morgan fingerprint density at radius 1 is 1.45 bits per heavy atom. The highest BCUT2D eigenvalue weighted by molar-refractivity contribution is 5.85. The van der Waals surface area contributed by atoms with Gasteiger partial charge in [0.15, 0.2) is 0 Å². The number of hydrazine groups is 1. The number of halogens is 2. The molecular weight excluding hydrogens is 189 g/mol. The Bertz CT molecular complexity index is 214. The topological polar surface area (TPSA) is 36.9 Å². The molecular formula is C5H7Cl2N3O. The van der Waals surface area contributed by atoms with Crippen LogP contribution in [-0.2, 0) is 4.74 Å². The first-order chi connectivity index (χ1) is 4.47. The summed E-state index contributed by atoms with van der Waals surface area (Å²) >= 11 is 0. The molecule has 0 unspecified atom stereocenters. The maximum Gasteiger partial charge on any atom is 0.119 e. The highest BCUT2D eigenvalue weighted by Gasteiger charge is 2.11. The van der Waals surface area contributed by atoms with Crippen LogP contribution in [0, 0.1) is 0 Å². The summed E-state index contributed by atoms with van der Waals surface area (Å²) < 4.78 is 4.87. The van der Waals surface area contributed by atoms with E-state index >= 15 is 0 Å². The number of hydrogen-bond acceptors (Lipinski definition) is 4. The van der Waals surface area contributed by atoms with Crippen LogP contribution in [0.15, 0.2) is 29.5 Å². The SMILES string of the molecule is C1=CN2NN=CC2=CO1.Cl.Cl. The highest BCUT2D eigenvalue weighted by Crippen LogP contribution is 2.08. The quantitative estimate of drug-likeness (QED) is 0.627. The molecule has 62 valence electrons. The summed E-state index contributed by atoms with van der Waals surface area (Å²) in [5, 5.41) is 5.53. The zero-order chi connectivity index (χ0) is 6.10. The molecule has 11 heavy (non-hydrogen) atoms. The van der Waals surface area contributed by atoms with Crippen molar-refractivity contribution in [1.82, 2.24) is 10.5 Å². The molecule has 0 radical (unpaired) electrons. The molecule has 0 fully saturated rings. The number of nitrogens with one attached hydrogen (secondary N) is 1. The maximum absolute atomic E-state index is 4.87. The van der Waals surface area contributed by atoms with Crippen LogP contribution in [0.4, 0.5) is 0 Å². The predicted molar refractivity (Wildman–Crippen MR) is 46.3 cm³/mol. The number of rotatable bonds is 0. The molecule has 0 aromatic carbocycles. The van der Waals surface area contributed by atoms with Crippen molar-refractivity contribution in [2.45, 2.75) is 0 Å². The summed E-state index contributed by atoms with van der Waals surface area (Å²) in [5.41, 5.74) is 3.64. The Balaban J connectivity index is 0.000000500. The largest absolute Gasteiger partial charge is 0.469 e. The minimum atomic E-state index is 0. The van der Waals surface area contributed by atoms with Gasteiger partial charge in [-0.1, -0.05) is 0 Å². The highest BCUT2D eigenvalue weighted by atomic mass is 35.5. The lowest BCUT2D eigenvalue weighted by atomic mass is 10.5. The lowest BCUT2D eigenvalue weighted by molar-refractivity contribution is 0.303. The number of hydrogen-bond donors (Lipinski definition) is 1. The van der Waals surface area contributed by atoms with E-state index in [1.54, 1.807) is 29.9 Å². The van der Waals surface area contributed by atoms with Gasteiger partial charge in [0, 0.05) is 0 Å². The molecule has 0 aromatic rings. The molecule has 0 aliphatic carbocycles. The summed E-state index contributed by atoms with van der Waals surface area (Å²) in [5.74, 6) is 0. The Hall–Kier alpha value is -0.870. The molecule has 0 bridgehead atoms. The maximum atomic E-state index is 4.87. The van der Waals surface area contributed by atoms with E-state index in [1.165, 1.54) is 0 Å². The smallest absolute Gasteiger partial charge is 0.119 e. The second-order valence-corrected chi connectivity index (χ2v) is 1.69. The van der Waals surface area contributed by atoms with Gasteiger partial charge >= 0.3 is 0 Å². The Labute approximate surface area is 76.4 Å². The van der Waals surface area contributed by atoms with E-state index in [2.05, 4.69) is 10.6 Å². The summed E-state index contributed by atoms with van der Waals surface area (Å²) in [4.78, 5) is 0. The first kappa shape index (κ1) is 10.1. The average Bonchev–Trinajstić information content (AvgIpc) is 2.33. The predicted octanol–water partition coefficient (Wildman–Crippen LogP) is 0.979. The molecule has 0 spiro atoms. The number of hydrazone groups is 1. The third-order valence-electron chi connectivity index (χ3n) is 1.12. The van der Waals surface area contributed by atoms with Gasteiger partial charge in [-0.2, -0.15) is 5.10 Å². The molecule has 1 N–H and O–H groups in total. The van der Waals surface area contributed by atoms with Crippen LogP contribution in [-0.4, -0.2) is 11.2 Å². The van der Waals surface area contributed by atoms with Gasteiger partial charge in [0.2, 0.25) is 0 Å². The van der Waals surface area contributed by atoms with Crippen molar-refractivity contribution in [2.75, 3.05) is 0 Å². The minimum Gasteiger partial charge on any atom is -0.469 e.